The maximum atomic E-state index is 6.32. The van der Waals surface area contributed by atoms with Gasteiger partial charge in [-0.25, -0.2) is 0 Å². The van der Waals surface area contributed by atoms with Crippen LogP contribution >= 0.6 is 0 Å². The minimum Gasteiger partial charge on any atom is -0.469 e. The number of hydrogen-bond acceptors (Lipinski definition) is 4. The molecule has 3 saturated heterocycles. The molecule has 2 aromatic heterocycles. The summed E-state index contributed by atoms with van der Waals surface area (Å²) < 4.78 is 8.49. The number of piperidine rings is 3. The van der Waals surface area contributed by atoms with E-state index in [1.54, 1.807) is 0 Å². The molecule has 0 radical (unpaired) electrons. The van der Waals surface area contributed by atoms with Crippen LogP contribution in [0.15, 0.2) is 42.7 Å². The van der Waals surface area contributed by atoms with Crippen molar-refractivity contribution in [3.05, 3.63) is 42.7 Å². The van der Waals surface area contributed by atoms with Gasteiger partial charge >= 0.3 is 0 Å². The van der Waals surface area contributed by atoms with Crippen LogP contribution in [0.3, 0.4) is 0 Å². The minimum absolute atomic E-state index is 0.126. The molecule has 136 valence electrons. The fourth-order valence-corrected chi connectivity index (χ4v) is 4.59. The SMILES string of the molecule is C1=CC(Oc2nn(C3CN4CCC3CC4)cc2-c2ccccn2)CCC1. The van der Waals surface area contributed by atoms with Crippen molar-refractivity contribution < 1.29 is 4.74 Å². The zero-order valence-corrected chi connectivity index (χ0v) is 15.1. The highest BCUT2D eigenvalue weighted by Gasteiger charge is 2.36. The van der Waals surface area contributed by atoms with Gasteiger partial charge in [0, 0.05) is 18.9 Å². The van der Waals surface area contributed by atoms with Gasteiger partial charge in [-0.3, -0.25) is 9.67 Å². The molecule has 3 fully saturated rings. The highest BCUT2D eigenvalue weighted by molar-refractivity contribution is 5.64. The van der Waals surface area contributed by atoms with Crippen molar-refractivity contribution in [2.75, 3.05) is 19.6 Å². The lowest BCUT2D eigenvalue weighted by molar-refractivity contribution is 0.0503. The average molecular weight is 350 g/mol. The lowest BCUT2D eigenvalue weighted by Crippen LogP contribution is -2.48. The molecule has 2 aromatic rings. The Bertz CT molecular complexity index is 777. The topological polar surface area (TPSA) is 43.2 Å². The Morgan fingerprint density at radius 2 is 2.04 bits per heavy atom. The van der Waals surface area contributed by atoms with Gasteiger partial charge in [-0.2, -0.15) is 0 Å². The molecule has 3 aliphatic heterocycles. The van der Waals surface area contributed by atoms with E-state index in [2.05, 4.69) is 32.9 Å². The van der Waals surface area contributed by atoms with Crippen LogP contribution in [-0.4, -0.2) is 45.4 Å². The Kier molecular flexibility index (Phi) is 4.25. The molecule has 2 unspecified atom stereocenters. The van der Waals surface area contributed by atoms with Crippen molar-refractivity contribution >= 4 is 0 Å². The highest BCUT2D eigenvalue weighted by atomic mass is 16.5. The first-order chi connectivity index (χ1) is 12.9. The average Bonchev–Trinajstić information content (AvgIpc) is 3.14. The van der Waals surface area contributed by atoms with Crippen LogP contribution in [-0.2, 0) is 0 Å². The van der Waals surface area contributed by atoms with Crippen LogP contribution < -0.4 is 4.74 Å². The number of hydrogen-bond donors (Lipinski definition) is 0. The Labute approximate surface area is 154 Å². The molecule has 4 aliphatic rings. The maximum Gasteiger partial charge on any atom is 0.242 e. The number of pyridine rings is 1. The largest absolute Gasteiger partial charge is 0.469 e. The van der Waals surface area contributed by atoms with E-state index < -0.39 is 0 Å². The van der Waals surface area contributed by atoms with E-state index in [0.29, 0.717) is 6.04 Å². The summed E-state index contributed by atoms with van der Waals surface area (Å²) in [5, 5.41) is 4.92. The number of fused-ring (bicyclic) bond motifs is 3. The zero-order chi connectivity index (χ0) is 17.3. The summed E-state index contributed by atoms with van der Waals surface area (Å²) in [4.78, 5) is 7.11. The van der Waals surface area contributed by atoms with E-state index in [4.69, 9.17) is 9.84 Å². The summed E-state index contributed by atoms with van der Waals surface area (Å²) in [5.74, 6) is 1.47. The van der Waals surface area contributed by atoms with Gasteiger partial charge in [-0.15, -0.1) is 5.10 Å². The molecule has 6 rings (SSSR count). The summed E-state index contributed by atoms with van der Waals surface area (Å²) >= 11 is 0. The van der Waals surface area contributed by atoms with E-state index in [9.17, 15) is 0 Å². The van der Waals surface area contributed by atoms with E-state index in [1.807, 2.05) is 24.4 Å². The molecule has 0 saturated carbocycles. The smallest absolute Gasteiger partial charge is 0.242 e. The van der Waals surface area contributed by atoms with Gasteiger partial charge in [0.25, 0.3) is 0 Å². The molecule has 5 nitrogen and oxygen atoms in total. The molecular weight excluding hydrogens is 324 g/mol. The minimum atomic E-state index is 0.126. The van der Waals surface area contributed by atoms with Crippen molar-refractivity contribution in [3.8, 4) is 17.1 Å². The van der Waals surface area contributed by atoms with Crippen LogP contribution in [0.1, 0.15) is 38.1 Å². The maximum absolute atomic E-state index is 6.32. The van der Waals surface area contributed by atoms with E-state index >= 15 is 0 Å². The van der Waals surface area contributed by atoms with Gasteiger partial charge < -0.3 is 9.64 Å². The second kappa shape index (κ2) is 6.88. The van der Waals surface area contributed by atoms with Crippen LogP contribution in [0, 0.1) is 5.92 Å². The Hall–Kier alpha value is -2.14. The van der Waals surface area contributed by atoms with Crippen LogP contribution in [0.25, 0.3) is 11.3 Å². The molecule has 0 aromatic carbocycles. The van der Waals surface area contributed by atoms with Gasteiger partial charge in [-0.1, -0.05) is 12.1 Å². The summed E-state index contributed by atoms with van der Waals surface area (Å²) in [6, 6.07) is 6.48. The van der Waals surface area contributed by atoms with Crippen molar-refractivity contribution in [2.24, 2.45) is 5.92 Å². The van der Waals surface area contributed by atoms with Crippen molar-refractivity contribution in [2.45, 2.75) is 44.2 Å². The van der Waals surface area contributed by atoms with Gasteiger partial charge in [0.2, 0.25) is 5.88 Å². The van der Waals surface area contributed by atoms with Crippen LogP contribution in [0.5, 0.6) is 5.88 Å². The van der Waals surface area contributed by atoms with Gasteiger partial charge in [0.05, 0.1) is 17.3 Å². The summed E-state index contributed by atoms with van der Waals surface area (Å²) in [6.45, 7) is 3.59. The Morgan fingerprint density at radius 3 is 2.73 bits per heavy atom. The second-order valence-electron chi connectivity index (χ2n) is 7.76. The third-order valence-corrected chi connectivity index (χ3v) is 6.07. The molecule has 5 heterocycles. The highest BCUT2D eigenvalue weighted by Crippen LogP contribution is 2.38. The Balaban J connectivity index is 1.48. The van der Waals surface area contributed by atoms with Crippen molar-refractivity contribution in [3.63, 3.8) is 0 Å². The molecule has 0 spiro atoms. The predicted molar refractivity (Wildman–Crippen MR) is 101 cm³/mol. The van der Waals surface area contributed by atoms with E-state index in [1.165, 1.54) is 32.4 Å². The molecule has 2 atom stereocenters. The molecule has 5 heteroatoms. The fraction of sp³-hybridized carbons (Fsp3) is 0.524. The standard InChI is InChI=1S/C21H26N4O/c1-2-6-17(7-3-1)26-21-18(19-8-4-5-11-22-19)14-25(23-21)20-15-24-12-9-16(20)10-13-24/h2,4-6,8,11,14,16-17,20H,1,3,7,9-10,12-13,15H2. The van der Waals surface area contributed by atoms with Gasteiger partial charge in [0.1, 0.15) is 6.10 Å². The number of ether oxygens (including phenoxy) is 1. The van der Waals surface area contributed by atoms with E-state index in [0.717, 1.165) is 42.4 Å². The first-order valence-corrected chi connectivity index (χ1v) is 9.93. The molecule has 0 amide bonds. The van der Waals surface area contributed by atoms with E-state index in [-0.39, 0.29) is 6.10 Å². The lowest BCUT2D eigenvalue weighted by Gasteiger charge is -2.44. The molecular formula is C21H26N4O. The Morgan fingerprint density at radius 1 is 1.12 bits per heavy atom. The normalized spacial score (nSPS) is 30.5. The van der Waals surface area contributed by atoms with Crippen molar-refractivity contribution in [1.82, 2.24) is 19.7 Å². The van der Waals surface area contributed by atoms with Crippen LogP contribution in [0.4, 0.5) is 0 Å². The zero-order valence-electron chi connectivity index (χ0n) is 15.1. The predicted octanol–water partition coefficient (Wildman–Crippen LogP) is 3.70. The number of rotatable bonds is 4. The second-order valence-corrected chi connectivity index (χ2v) is 7.76. The monoisotopic (exact) mass is 350 g/mol. The number of nitrogens with zero attached hydrogens (tertiary/aromatic N) is 4. The summed E-state index contributed by atoms with van der Waals surface area (Å²) in [6.07, 6.45) is 14.5. The molecule has 0 N–H and O–H groups in total. The first kappa shape index (κ1) is 16.1. The molecule has 26 heavy (non-hydrogen) atoms. The summed E-state index contributed by atoms with van der Waals surface area (Å²) in [5.41, 5.74) is 1.95. The molecule has 1 aliphatic carbocycles. The number of allylic oxidation sites excluding steroid dienone is 1. The number of aromatic nitrogens is 3. The third-order valence-electron chi connectivity index (χ3n) is 6.07. The van der Waals surface area contributed by atoms with Gasteiger partial charge in [0.15, 0.2) is 0 Å². The lowest BCUT2D eigenvalue weighted by atomic mass is 9.84. The van der Waals surface area contributed by atoms with Crippen LogP contribution in [0.2, 0.25) is 0 Å². The fourth-order valence-electron chi connectivity index (χ4n) is 4.59. The first-order valence-electron chi connectivity index (χ1n) is 9.93. The van der Waals surface area contributed by atoms with Gasteiger partial charge in [-0.05, 0) is 69.3 Å². The third kappa shape index (κ3) is 3.05. The molecule has 2 bridgehead atoms. The van der Waals surface area contributed by atoms with Crippen molar-refractivity contribution in [1.29, 1.82) is 0 Å². The summed E-state index contributed by atoms with van der Waals surface area (Å²) in [7, 11) is 0. The quantitative estimate of drug-likeness (QED) is 0.789.